The Balaban J connectivity index is 2.54. The number of rotatable bonds is 2. The molecule has 2 rings (SSSR count). The average molecular weight is 316 g/mol. The molecule has 9 nitrogen and oxygen atoms in total. The van der Waals surface area contributed by atoms with Crippen molar-refractivity contribution in [1.82, 2.24) is 14.5 Å². The number of hydrogen-bond acceptors (Lipinski definition) is 8. The molecule has 2 heterocycles. The topological polar surface area (TPSA) is 150 Å². The van der Waals surface area contributed by atoms with Gasteiger partial charge in [-0.1, -0.05) is 5.92 Å². The van der Waals surface area contributed by atoms with Gasteiger partial charge < -0.3 is 26.4 Å². The highest BCUT2D eigenvalue weighted by molar-refractivity contribution is 6.30. The summed E-state index contributed by atoms with van der Waals surface area (Å²) in [6.07, 6.45) is -3.63. The van der Waals surface area contributed by atoms with Crippen molar-refractivity contribution in [3.63, 3.8) is 0 Å². The Hall–Kier alpha value is -1.70. The first-order chi connectivity index (χ1) is 9.81. The van der Waals surface area contributed by atoms with E-state index in [2.05, 4.69) is 21.3 Å². The van der Waals surface area contributed by atoms with Gasteiger partial charge in [-0.05, 0) is 18.5 Å². The Labute approximate surface area is 124 Å². The molecule has 6 N–H and O–H groups in total. The standard InChI is InChI=1S/C11H14ClN5O4/c1-5(18)6-7(19)11(14,2-3-12)8(21-6)17-4-15-9(13)16-10(17)20/h4-8,18-19H,14H2,1H3,(H2,13,16,20)/t5-,6-,7?,8-,11-/m1/s1. The quantitative estimate of drug-likeness (QED) is 0.447. The number of nitrogens with two attached hydrogens (primary N) is 2. The summed E-state index contributed by atoms with van der Waals surface area (Å²) in [4.78, 5) is 19.0. The molecule has 114 valence electrons. The van der Waals surface area contributed by atoms with Crippen molar-refractivity contribution in [1.29, 1.82) is 0 Å². The Morgan fingerprint density at radius 1 is 1.67 bits per heavy atom. The highest BCUT2D eigenvalue weighted by atomic mass is 35.5. The van der Waals surface area contributed by atoms with Crippen molar-refractivity contribution < 1.29 is 14.9 Å². The summed E-state index contributed by atoms with van der Waals surface area (Å²) in [5.41, 5.74) is 8.85. The predicted molar refractivity (Wildman–Crippen MR) is 72.8 cm³/mol. The van der Waals surface area contributed by atoms with Crippen LogP contribution in [0.2, 0.25) is 0 Å². The molecule has 1 aliphatic heterocycles. The Morgan fingerprint density at radius 3 is 2.86 bits per heavy atom. The molecular formula is C11H14ClN5O4. The van der Waals surface area contributed by atoms with E-state index in [4.69, 9.17) is 27.8 Å². The molecular weight excluding hydrogens is 302 g/mol. The van der Waals surface area contributed by atoms with Crippen LogP contribution in [0.25, 0.3) is 0 Å². The number of nitrogens with zero attached hydrogens (tertiary/aromatic N) is 3. The second-order valence-corrected chi connectivity index (χ2v) is 4.88. The zero-order chi connectivity index (χ0) is 15.8. The van der Waals surface area contributed by atoms with Crippen LogP contribution in [0.4, 0.5) is 5.95 Å². The SMILES string of the molecule is C[C@@H](O)[C@H]1O[C@@H](n2cnc(N)nc2=O)[C@@](N)(C#CCl)C1O. The molecule has 0 bridgehead atoms. The zero-order valence-electron chi connectivity index (χ0n) is 11.0. The predicted octanol–water partition coefficient (Wildman–Crippen LogP) is -2.24. The number of halogens is 1. The lowest BCUT2D eigenvalue weighted by Gasteiger charge is -2.27. The molecule has 0 spiro atoms. The van der Waals surface area contributed by atoms with Crippen LogP contribution < -0.4 is 17.2 Å². The molecule has 21 heavy (non-hydrogen) atoms. The van der Waals surface area contributed by atoms with Crippen molar-refractivity contribution in [3.8, 4) is 11.3 Å². The van der Waals surface area contributed by atoms with Crippen molar-refractivity contribution in [2.24, 2.45) is 5.73 Å². The van der Waals surface area contributed by atoms with Gasteiger partial charge in [-0.25, -0.2) is 9.78 Å². The van der Waals surface area contributed by atoms with Crippen LogP contribution in [0.3, 0.4) is 0 Å². The lowest BCUT2D eigenvalue weighted by atomic mass is 9.90. The summed E-state index contributed by atoms with van der Waals surface area (Å²) in [5, 5.41) is 21.9. The maximum atomic E-state index is 11.9. The van der Waals surface area contributed by atoms with Crippen LogP contribution in [-0.4, -0.2) is 48.6 Å². The van der Waals surface area contributed by atoms with Gasteiger partial charge in [0.15, 0.2) is 11.8 Å². The molecule has 1 unspecified atom stereocenters. The molecule has 0 aromatic carbocycles. The molecule has 0 aliphatic carbocycles. The van der Waals surface area contributed by atoms with Crippen LogP contribution in [-0.2, 0) is 4.74 Å². The zero-order valence-corrected chi connectivity index (χ0v) is 11.7. The summed E-state index contributed by atoms with van der Waals surface area (Å²) in [7, 11) is 0. The van der Waals surface area contributed by atoms with Crippen LogP contribution in [0, 0.1) is 11.3 Å². The molecule has 1 aromatic rings. The number of aromatic nitrogens is 3. The smallest absolute Gasteiger partial charge is 0.354 e. The minimum Gasteiger partial charge on any atom is -0.391 e. The number of hydrogen-bond donors (Lipinski definition) is 4. The number of ether oxygens (including phenoxy) is 1. The first-order valence-corrected chi connectivity index (χ1v) is 6.33. The Morgan fingerprint density at radius 2 is 2.33 bits per heavy atom. The molecule has 1 fully saturated rings. The van der Waals surface area contributed by atoms with Gasteiger partial charge in [0, 0.05) is 5.38 Å². The third kappa shape index (κ3) is 2.59. The van der Waals surface area contributed by atoms with Crippen molar-refractivity contribution in [2.75, 3.05) is 5.73 Å². The normalized spacial score (nSPS) is 33.3. The molecule has 5 atom stereocenters. The van der Waals surface area contributed by atoms with Gasteiger partial charge in [-0.3, -0.25) is 4.57 Å². The maximum Gasteiger partial charge on any atom is 0.354 e. The van der Waals surface area contributed by atoms with E-state index in [1.807, 2.05) is 0 Å². The van der Waals surface area contributed by atoms with Gasteiger partial charge in [0.2, 0.25) is 5.95 Å². The summed E-state index contributed by atoms with van der Waals surface area (Å²) in [6.45, 7) is 1.41. The fourth-order valence-corrected chi connectivity index (χ4v) is 2.32. The monoisotopic (exact) mass is 315 g/mol. The van der Waals surface area contributed by atoms with E-state index >= 15 is 0 Å². The van der Waals surface area contributed by atoms with Gasteiger partial charge in [0.1, 0.15) is 18.5 Å². The van der Waals surface area contributed by atoms with E-state index in [9.17, 15) is 15.0 Å². The van der Waals surface area contributed by atoms with E-state index in [-0.39, 0.29) is 5.95 Å². The first kappa shape index (κ1) is 15.7. The number of aliphatic hydroxyl groups excluding tert-OH is 2. The minimum atomic E-state index is -1.72. The molecule has 0 saturated carbocycles. The van der Waals surface area contributed by atoms with Crippen molar-refractivity contribution in [3.05, 3.63) is 16.8 Å². The van der Waals surface area contributed by atoms with E-state index in [1.165, 1.54) is 6.92 Å². The number of anilines is 1. The second-order valence-electron chi connectivity index (χ2n) is 4.70. The van der Waals surface area contributed by atoms with Gasteiger partial charge in [0.25, 0.3) is 0 Å². The average Bonchev–Trinajstić information content (AvgIpc) is 2.64. The number of aliphatic hydroxyl groups is 2. The third-order valence-electron chi connectivity index (χ3n) is 3.23. The second kappa shape index (κ2) is 5.59. The van der Waals surface area contributed by atoms with Gasteiger partial charge >= 0.3 is 5.69 Å². The highest BCUT2D eigenvalue weighted by Gasteiger charge is 2.56. The largest absolute Gasteiger partial charge is 0.391 e. The molecule has 1 saturated heterocycles. The van der Waals surface area contributed by atoms with Crippen LogP contribution >= 0.6 is 11.6 Å². The van der Waals surface area contributed by atoms with Crippen LogP contribution in [0.1, 0.15) is 13.2 Å². The van der Waals surface area contributed by atoms with Gasteiger partial charge in [-0.15, -0.1) is 0 Å². The van der Waals surface area contributed by atoms with E-state index < -0.39 is 35.8 Å². The highest BCUT2D eigenvalue weighted by Crippen LogP contribution is 2.36. The molecule has 1 aromatic heterocycles. The molecule has 0 amide bonds. The van der Waals surface area contributed by atoms with Crippen molar-refractivity contribution >= 4 is 17.5 Å². The Bertz CT molecular complexity index is 654. The molecule has 10 heteroatoms. The fourth-order valence-electron chi connectivity index (χ4n) is 2.16. The maximum absolute atomic E-state index is 11.9. The van der Waals surface area contributed by atoms with Gasteiger partial charge in [0.05, 0.1) is 6.10 Å². The fraction of sp³-hybridized carbons (Fsp3) is 0.545. The van der Waals surface area contributed by atoms with Crippen LogP contribution in [0.5, 0.6) is 0 Å². The summed E-state index contributed by atoms with van der Waals surface area (Å²) in [5.74, 6) is 2.19. The minimum absolute atomic E-state index is 0.215. The van der Waals surface area contributed by atoms with E-state index in [1.54, 1.807) is 0 Å². The number of nitrogen functional groups attached to an aromatic ring is 1. The molecule has 1 aliphatic rings. The first-order valence-electron chi connectivity index (χ1n) is 5.95. The van der Waals surface area contributed by atoms with E-state index in [0.29, 0.717) is 0 Å². The third-order valence-corrected chi connectivity index (χ3v) is 3.33. The van der Waals surface area contributed by atoms with E-state index in [0.717, 1.165) is 10.9 Å². The van der Waals surface area contributed by atoms with Gasteiger partial charge in [-0.2, -0.15) is 4.98 Å². The summed E-state index contributed by atoms with van der Waals surface area (Å²) in [6, 6.07) is 0. The molecule has 0 radical (unpaired) electrons. The summed E-state index contributed by atoms with van der Waals surface area (Å²) >= 11 is 5.37. The Kier molecular flexibility index (Phi) is 4.18. The summed E-state index contributed by atoms with van der Waals surface area (Å²) < 4.78 is 6.40. The lowest BCUT2D eigenvalue weighted by Crippen LogP contribution is -2.55. The lowest BCUT2D eigenvalue weighted by molar-refractivity contribution is -0.0781. The van der Waals surface area contributed by atoms with Crippen LogP contribution in [0.15, 0.2) is 11.1 Å². The van der Waals surface area contributed by atoms with Crippen molar-refractivity contribution in [2.45, 2.75) is 37.0 Å².